The summed E-state index contributed by atoms with van der Waals surface area (Å²) in [4.78, 5) is 0. The van der Waals surface area contributed by atoms with Crippen LogP contribution >= 0.6 is 15.9 Å². The Kier molecular flexibility index (Phi) is 4.40. The Morgan fingerprint density at radius 2 is 2.12 bits per heavy atom. The quantitative estimate of drug-likeness (QED) is 0.926. The molecule has 1 fully saturated rings. The summed E-state index contributed by atoms with van der Waals surface area (Å²) >= 11 is 3.23. The minimum Gasteiger partial charge on any atom is -0.496 e. The minimum atomic E-state index is -0.268. The van der Waals surface area contributed by atoms with Crippen molar-refractivity contribution < 1.29 is 9.13 Å². The van der Waals surface area contributed by atoms with E-state index >= 15 is 0 Å². The van der Waals surface area contributed by atoms with E-state index in [-0.39, 0.29) is 5.82 Å². The van der Waals surface area contributed by atoms with Gasteiger partial charge in [-0.05, 0) is 65.8 Å². The van der Waals surface area contributed by atoms with Crippen LogP contribution < -0.4 is 10.1 Å². The number of piperidine rings is 1. The van der Waals surface area contributed by atoms with Crippen LogP contribution in [0.4, 0.5) is 4.39 Å². The van der Waals surface area contributed by atoms with Gasteiger partial charge in [0.1, 0.15) is 11.6 Å². The minimum absolute atomic E-state index is 0.268. The van der Waals surface area contributed by atoms with E-state index in [9.17, 15) is 4.39 Å². The predicted octanol–water partition coefficient (Wildman–Crippen LogP) is 3.14. The molecule has 1 aromatic rings. The lowest BCUT2D eigenvalue weighted by Crippen LogP contribution is -2.28. The molecule has 1 heterocycles. The van der Waals surface area contributed by atoms with Gasteiger partial charge in [-0.3, -0.25) is 0 Å². The largest absolute Gasteiger partial charge is 0.496 e. The second-order valence-corrected chi connectivity index (χ2v) is 5.33. The number of hydrogen-bond donors (Lipinski definition) is 1. The molecule has 0 atom stereocenters. The van der Waals surface area contributed by atoms with Crippen LogP contribution in [0.3, 0.4) is 0 Å². The Morgan fingerprint density at radius 3 is 2.76 bits per heavy atom. The van der Waals surface area contributed by atoms with Crippen molar-refractivity contribution in [2.45, 2.75) is 19.3 Å². The first-order valence-electron chi connectivity index (χ1n) is 5.93. The van der Waals surface area contributed by atoms with Gasteiger partial charge in [-0.2, -0.15) is 0 Å². The summed E-state index contributed by atoms with van der Waals surface area (Å²) in [6, 6.07) is 3.30. The maximum Gasteiger partial charge on any atom is 0.141 e. The molecule has 2 rings (SSSR count). The summed E-state index contributed by atoms with van der Waals surface area (Å²) in [6.07, 6.45) is 3.32. The van der Waals surface area contributed by atoms with Crippen LogP contribution in [-0.4, -0.2) is 20.2 Å². The van der Waals surface area contributed by atoms with Crippen molar-refractivity contribution in [3.05, 3.63) is 28.0 Å². The van der Waals surface area contributed by atoms with E-state index in [1.54, 1.807) is 7.11 Å². The average Bonchev–Trinajstić information content (AvgIpc) is 2.35. The van der Waals surface area contributed by atoms with Crippen LogP contribution in [0.2, 0.25) is 0 Å². The van der Waals surface area contributed by atoms with Gasteiger partial charge in [-0.1, -0.05) is 0 Å². The molecule has 0 amide bonds. The second-order valence-electron chi connectivity index (χ2n) is 4.48. The van der Waals surface area contributed by atoms with E-state index in [1.165, 1.54) is 18.9 Å². The lowest BCUT2D eigenvalue weighted by molar-refractivity contribution is 0.360. The van der Waals surface area contributed by atoms with Crippen molar-refractivity contribution in [3.8, 4) is 5.75 Å². The lowest BCUT2D eigenvalue weighted by atomic mass is 9.90. The summed E-state index contributed by atoms with van der Waals surface area (Å²) in [7, 11) is 1.59. The normalized spacial score (nSPS) is 17.1. The molecule has 1 aromatic carbocycles. The number of nitrogens with one attached hydrogen (secondary N) is 1. The Morgan fingerprint density at radius 1 is 1.41 bits per heavy atom. The number of ether oxygens (including phenoxy) is 1. The summed E-state index contributed by atoms with van der Waals surface area (Å²) < 4.78 is 19.2. The molecule has 0 aliphatic carbocycles. The van der Waals surface area contributed by atoms with Gasteiger partial charge in [0.2, 0.25) is 0 Å². The van der Waals surface area contributed by atoms with Gasteiger partial charge < -0.3 is 10.1 Å². The fourth-order valence-electron chi connectivity index (χ4n) is 2.32. The van der Waals surface area contributed by atoms with E-state index in [4.69, 9.17) is 4.74 Å². The van der Waals surface area contributed by atoms with Crippen molar-refractivity contribution in [2.75, 3.05) is 20.2 Å². The molecule has 0 bridgehead atoms. The maximum atomic E-state index is 13.4. The maximum absolute atomic E-state index is 13.4. The van der Waals surface area contributed by atoms with Gasteiger partial charge in [0, 0.05) is 6.07 Å². The number of halogens is 2. The molecule has 0 spiro atoms. The number of rotatable bonds is 3. The molecular weight excluding hydrogens is 285 g/mol. The first-order chi connectivity index (χ1) is 8.20. The molecule has 4 heteroatoms. The van der Waals surface area contributed by atoms with Crippen molar-refractivity contribution in [3.63, 3.8) is 0 Å². The Bertz CT molecular complexity index is 391. The lowest BCUT2D eigenvalue weighted by Gasteiger charge is -2.23. The van der Waals surface area contributed by atoms with Gasteiger partial charge in [0.15, 0.2) is 0 Å². The predicted molar refractivity (Wildman–Crippen MR) is 69.9 cm³/mol. The highest BCUT2D eigenvalue weighted by Gasteiger charge is 2.17. The number of hydrogen-bond acceptors (Lipinski definition) is 2. The van der Waals surface area contributed by atoms with Crippen molar-refractivity contribution in [1.82, 2.24) is 5.32 Å². The van der Waals surface area contributed by atoms with Gasteiger partial charge in [0.05, 0.1) is 11.6 Å². The standard InChI is InChI=1S/C13H17BrFNO/c1-17-13-8-12(15)11(14)7-10(13)6-9-2-4-16-5-3-9/h7-9,16H,2-6H2,1H3. The van der Waals surface area contributed by atoms with Crippen LogP contribution in [-0.2, 0) is 6.42 Å². The van der Waals surface area contributed by atoms with E-state index in [1.807, 2.05) is 6.07 Å². The number of methoxy groups -OCH3 is 1. The third kappa shape index (κ3) is 3.19. The fourth-order valence-corrected chi connectivity index (χ4v) is 2.71. The monoisotopic (exact) mass is 301 g/mol. The molecule has 1 N–H and O–H groups in total. The highest BCUT2D eigenvalue weighted by atomic mass is 79.9. The SMILES string of the molecule is COc1cc(F)c(Br)cc1CC1CCNCC1. The molecule has 17 heavy (non-hydrogen) atoms. The molecule has 0 aromatic heterocycles. The van der Waals surface area contributed by atoms with Crippen molar-refractivity contribution in [2.24, 2.45) is 5.92 Å². The average molecular weight is 302 g/mol. The molecule has 1 aliphatic rings. The first kappa shape index (κ1) is 12.8. The van der Waals surface area contributed by atoms with E-state index in [0.717, 1.165) is 25.1 Å². The molecule has 1 aliphatic heterocycles. The first-order valence-corrected chi connectivity index (χ1v) is 6.72. The smallest absolute Gasteiger partial charge is 0.141 e. The molecule has 94 valence electrons. The number of benzene rings is 1. The topological polar surface area (TPSA) is 21.3 Å². The molecule has 2 nitrogen and oxygen atoms in total. The van der Waals surface area contributed by atoms with E-state index in [2.05, 4.69) is 21.2 Å². The van der Waals surface area contributed by atoms with Gasteiger partial charge in [-0.15, -0.1) is 0 Å². The van der Waals surface area contributed by atoms with Crippen molar-refractivity contribution >= 4 is 15.9 Å². The summed E-state index contributed by atoms with van der Waals surface area (Å²) in [5.74, 6) is 1.06. The summed E-state index contributed by atoms with van der Waals surface area (Å²) in [5.41, 5.74) is 1.09. The molecule has 1 saturated heterocycles. The van der Waals surface area contributed by atoms with Gasteiger partial charge in [0.25, 0.3) is 0 Å². The van der Waals surface area contributed by atoms with E-state index < -0.39 is 0 Å². The zero-order valence-corrected chi connectivity index (χ0v) is 11.5. The Balaban J connectivity index is 2.15. The van der Waals surface area contributed by atoms with Crippen molar-refractivity contribution in [1.29, 1.82) is 0 Å². The van der Waals surface area contributed by atoms with Crippen LogP contribution in [0.25, 0.3) is 0 Å². The van der Waals surface area contributed by atoms with Crippen LogP contribution in [0.5, 0.6) is 5.75 Å². The fraction of sp³-hybridized carbons (Fsp3) is 0.538. The Hall–Kier alpha value is -0.610. The third-order valence-corrected chi connectivity index (χ3v) is 3.90. The molecule has 0 saturated carbocycles. The van der Waals surface area contributed by atoms with E-state index in [0.29, 0.717) is 16.1 Å². The second kappa shape index (κ2) is 5.83. The molecule has 0 radical (unpaired) electrons. The van der Waals surface area contributed by atoms with Crippen LogP contribution in [0.15, 0.2) is 16.6 Å². The zero-order valence-electron chi connectivity index (χ0n) is 9.93. The summed E-state index contributed by atoms with van der Waals surface area (Å²) in [5, 5.41) is 3.35. The molecule has 0 unspecified atom stereocenters. The van der Waals surface area contributed by atoms with Crippen LogP contribution in [0, 0.1) is 11.7 Å². The molecular formula is C13H17BrFNO. The zero-order chi connectivity index (χ0) is 12.3. The van der Waals surface area contributed by atoms with Crippen LogP contribution in [0.1, 0.15) is 18.4 Å². The van der Waals surface area contributed by atoms with Gasteiger partial charge in [-0.25, -0.2) is 4.39 Å². The van der Waals surface area contributed by atoms with Gasteiger partial charge >= 0.3 is 0 Å². The highest BCUT2D eigenvalue weighted by Crippen LogP contribution is 2.30. The highest BCUT2D eigenvalue weighted by molar-refractivity contribution is 9.10. The summed E-state index contributed by atoms with van der Waals surface area (Å²) in [6.45, 7) is 2.16. The third-order valence-electron chi connectivity index (χ3n) is 3.29. The Labute approximate surface area is 110 Å².